The molecule has 0 N–H and O–H groups in total. The highest BCUT2D eigenvalue weighted by molar-refractivity contribution is 5.96. The lowest BCUT2D eigenvalue weighted by Crippen LogP contribution is -2.58. The quantitative estimate of drug-likeness (QED) is 0.234. The fraction of sp³-hybridized carbons (Fsp3) is 0.421. The minimum atomic E-state index is -5.15. The van der Waals surface area contributed by atoms with Gasteiger partial charge in [0.25, 0.3) is 11.8 Å². The highest BCUT2D eigenvalue weighted by atomic mass is 19.4. The zero-order valence-electron chi connectivity index (χ0n) is 29.2. The van der Waals surface area contributed by atoms with Crippen LogP contribution in [-0.4, -0.2) is 53.4 Å². The molecule has 0 spiro atoms. The van der Waals surface area contributed by atoms with Gasteiger partial charge in [-0.1, -0.05) is 26.0 Å². The molecular formula is C38H32F12N2O3. The number of rotatable bonds is 6. The number of nitrogens with zero attached hydrogens (tertiary/aromatic N) is 2. The van der Waals surface area contributed by atoms with Crippen LogP contribution in [0, 0.1) is 11.2 Å². The maximum absolute atomic E-state index is 15.7. The fourth-order valence-electron chi connectivity index (χ4n) is 7.32. The predicted octanol–water partition coefficient (Wildman–Crippen LogP) is 11.2. The van der Waals surface area contributed by atoms with E-state index in [1.165, 1.54) is 13.0 Å². The SMILES string of the molecule is C[C@H]1[C@@H](c2cc(C(F)(F)F)cc(C(F)(F)F)c2)OC(=O)N1CC1=C(c2cc(-c3ccc(C(=O)N4CC(F)(F)C4)cc3C(F)(F)F)ccc2F)CCC(C)(C)C1. The number of cyclic esters (lactones) is 1. The Bertz CT molecular complexity index is 2030. The summed E-state index contributed by atoms with van der Waals surface area (Å²) >= 11 is 0. The number of carbonyl (C=O) groups is 2. The van der Waals surface area contributed by atoms with Crippen molar-refractivity contribution >= 4 is 17.6 Å². The van der Waals surface area contributed by atoms with E-state index in [1.807, 2.05) is 13.8 Å². The summed E-state index contributed by atoms with van der Waals surface area (Å²) in [5.41, 5.74) is -5.78. The van der Waals surface area contributed by atoms with Crippen molar-refractivity contribution in [2.45, 2.75) is 76.6 Å². The number of alkyl halides is 11. The number of hydrogen-bond acceptors (Lipinski definition) is 3. The number of benzene rings is 3. The second-order valence-corrected chi connectivity index (χ2v) is 14.9. The van der Waals surface area contributed by atoms with Crippen LogP contribution in [0.3, 0.4) is 0 Å². The molecule has 6 rings (SSSR count). The van der Waals surface area contributed by atoms with E-state index in [1.54, 1.807) is 0 Å². The molecule has 3 aromatic rings. The number of ether oxygens (including phenoxy) is 1. The van der Waals surface area contributed by atoms with Crippen LogP contribution in [-0.2, 0) is 23.3 Å². The Morgan fingerprint density at radius 1 is 0.836 bits per heavy atom. The third-order valence-corrected chi connectivity index (χ3v) is 10.2. The van der Waals surface area contributed by atoms with Crippen molar-refractivity contribution in [3.63, 3.8) is 0 Å². The average Bonchev–Trinajstić information content (AvgIpc) is 3.34. The molecule has 296 valence electrons. The Morgan fingerprint density at radius 2 is 1.45 bits per heavy atom. The number of amides is 2. The molecule has 0 bridgehead atoms. The molecule has 2 aliphatic heterocycles. The van der Waals surface area contributed by atoms with E-state index < -0.39 is 106 Å². The molecule has 0 aromatic heterocycles. The molecule has 2 atom stereocenters. The van der Waals surface area contributed by atoms with E-state index in [2.05, 4.69) is 0 Å². The third kappa shape index (κ3) is 8.15. The number of halogens is 12. The summed E-state index contributed by atoms with van der Waals surface area (Å²) in [4.78, 5) is 27.7. The van der Waals surface area contributed by atoms with Gasteiger partial charge in [0.1, 0.15) is 11.9 Å². The summed E-state index contributed by atoms with van der Waals surface area (Å²) in [7, 11) is 0. The van der Waals surface area contributed by atoms with E-state index in [4.69, 9.17) is 4.74 Å². The first-order valence-electron chi connectivity index (χ1n) is 16.9. The first kappa shape index (κ1) is 40.0. The molecular weight excluding hydrogens is 760 g/mol. The second kappa shape index (κ2) is 13.5. The van der Waals surface area contributed by atoms with Crippen molar-refractivity contribution in [3.05, 3.63) is 99.4 Å². The van der Waals surface area contributed by atoms with Gasteiger partial charge in [-0.15, -0.1) is 0 Å². The van der Waals surface area contributed by atoms with Crippen molar-refractivity contribution < 1.29 is 67.0 Å². The van der Waals surface area contributed by atoms with Gasteiger partial charge < -0.3 is 9.64 Å². The van der Waals surface area contributed by atoms with Gasteiger partial charge in [-0.2, -0.15) is 39.5 Å². The standard InChI is InChI=1S/C38H32F12N2O3/c1-19-31(22-10-24(36(42,43)44)14-25(11-22)37(45,46)47)55-33(54)52(19)16-23-15-34(2,3)9-8-26(23)28-12-20(5-7-30(28)39)27-6-4-21(13-29(27)38(48,49)50)32(53)51-17-35(40,41)18-51/h4-7,10-14,19,31H,8-9,15-18H2,1-3H3/t19-,31-/m0/s1. The number of allylic oxidation sites excluding steroid dienone is 1. The molecule has 3 aliphatic rings. The minimum Gasteiger partial charge on any atom is -0.439 e. The zero-order valence-corrected chi connectivity index (χ0v) is 29.2. The summed E-state index contributed by atoms with van der Waals surface area (Å²) in [6.07, 6.45) is -17.0. The summed E-state index contributed by atoms with van der Waals surface area (Å²) in [6, 6.07) is 5.62. The summed E-state index contributed by atoms with van der Waals surface area (Å²) < 4.78 is 173. The van der Waals surface area contributed by atoms with E-state index in [9.17, 15) is 57.9 Å². The van der Waals surface area contributed by atoms with E-state index in [-0.39, 0.29) is 36.6 Å². The molecule has 55 heavy (non-hydrogen) atoms. The number of hydrogen-bond donors (Lipinski definition) is 0. The van der Waals surface area contributed by atoms with Gasteiger partial charge in [0.15, 0.2) is 0 Å². The van der Waals surface area contributed by atoms with Gasteiger partial charge in [0, 0.05) is 17.7 Å². The lowest BCUT2D eigenvalue weighted by atomic mass is 9.72. The van der Waals surface area contributed by atoms with Gasteiger partial charge >= 0.3 is 24.6 Å². The smallest absolute Gasteiger partial charge is 0.417 e. The van der Waals surface area contributed by atoms with Crippen LogP contribution < -0.4 is 0 Å². The van der Waals surface area contributed by atoms with Crippen LogP contribution in [0.2, 0.25) is 0 Å². The second-order valence-electron chi connectivity index (χ2n) is 14.9. The van der Waals surface area contributed by atoms with Gasteiger partial charge in [-0.3, -0.25) is 9.69 Å². The number of carbonyl (C=O) groups excluding carboxylic acids is 2. The first-order valence-corrected chi connectivity index (χ1v) is 16.9. The Morgan fingerprint density at radius 3 is 2.02 bits per heavy atom. The normalized spacial score (nSPS) is 21.5. The van der Waals surface area contributed by atoms with Crippen molar-refractivity contribution in [2.75, 3.05) is 19.6 Å². The third-order valence-electron chi connectivity index (χ3n) is 10.2. The van der Waals surface area contributed by atoms with Gasteiger partial charge in [-0.05, 0) is 102 Å². The topological polar surface area (TPSA) is 49.9 Å². The summed E-state index contributed by atoms with van der Waals surface area (Å²) in [5, 5.41) is 0. The van der Waals surface area contributed by atoms with Crippen molar-refractivity contribution in [2.24, 2.45) is 5.41 Å². The van der Waals surface area contributed by atoms with Crippen LogP contribution in [0.4, 0.5) is 57.5 Å². The molecule has 2 heterocycles. The average molecular weight is 793 g/mol. The van der Waals surface area contributed by atoms with Crippen LogP contribution in [0.25, 0.3) is 16.7 Å². The molecule has 5 nitrogen and oxygen atoms in total. The molecule has 2 saturated heterocycles. The highest BCUT2D eigenvalue weighted by Crippen LogP contribution is 2.47. The highest BCUT2D eigenvalue weighted by Gasteiger charge is 2.47. The summed E-state index contributed by atoms with van der Waals surface area (Å²) in [5.74, 6) is -4.99. The fourth-order valence-corrected chi connectivity index (χ4v) is 7.32. The first-order chi connectivity index (χ1) is 25.2. The van der Waals surface area contributed by atoms with Crippen LogP contribution in [0.15, 0.2) is 60.2 Å². The van der Waals surface area contributed by atoms with Crippen LogP contribution >= 0.6 is 0 Å². The molecule has 0 saturated carbocycles. The maximum Gasteiger partial charge on any atom is 0.417 e. The Labute approximate surface area is 306 Å². The predicted molar refractivity (Wildman–Crippen MR) is 174 cm³/mol. The molecule has 0 unspecified atom stereocenters. The largest absolute Gasteiger partial charge is 0.439 e. The molecule has 2 amide bonds. The van der Waals surface area contributed by atoms with Gasteiger partial charge in [0.2, 0.25) is 0 Å². The number of likely N-dealkylation sites (tertiary alicyclic amines) is 1. The van der Waals surface area contributed by atoms with Crippen LogP contribution in [0.1, 0.15) is 84.3 Å². The maximum atomic E-state index is 15.7. The van der Waals surface area contributed by atoms with E-state index >= 15 is 4.39 Å². The van der Waals surface area contributed by atoms with Crippen LogP contribution in [0.5, 0.6) is 0 Å². The summed E-state index contributed by atoms with van der Waals surface area (Å²) in [6.45, 7) is 2.97. The lowest BCUT2D eigenvalue weighted by Gasteiger charge is -2.38. The van der Waals surface area contributed by atoms with Gasteiger partial charge in [0.05, 0.1) is 35.8 Å². The van der Waals surface area contributed by atoms with E-state index in [0.29, 0.717) is 40.7 Å². The molecule has 0 radical (unpaired) electrons. The van der Waals surface area contributed by atoms with Gasteiger partial charge in [-0.25, -0.2) is 18.0 Å². The van der Waals surface area contributed by atoms with Crippen molar-refractivity contribution in [1.29, 1.82) is 0 Å². The van der Waals surface area contributed by atoms with Crippen molar-refractivity contribution in [1.82, 2.24) is 9.80 Å². The Kier molecular flexibility index (Phi) is 9.81. The molecule has 3 aromatic carbocycles. The minimum absolute atomic E-state index is 0.0465. The Balaban J connectivity index is 1.36. The molecule has 1 aliphatic carbocycles. The van der Waals surface area contributed by atoms with E-state index in [0.717, 1.165) is 29.2 Å². The Hall–Kier alpha value is -4.70. The lowest BCUT2D eigenvalue weighted by molar-refractivity contribution is -0.143. The van der Waals surface area contributed by atoms with Crippen molar-refractivity contribution in [3.8, 4) is 11.1 Å². The zero-order chi connectivity index (χ0) is 40.6. The molecule has 17 heteroatoms. The monoisotopic (exact) mass is 792 g/mol. The molecule has 2 fully saturated rings.